The van der Waals surface area contributed by atoms with Gasteiger partial charge in [0.05, 0.1) is 18.7 Å². The van der Waals surface area contributed by atoms with Gasteiger partial charge in [0.2, 0.25) is 5.95 Å². The van der Waals surface area contributed by atoms with Crippen molar-refractivity contribution >= 4 is 23.5 Å². The van der Waals surface area contributed by atoms with Crippen LogP contribution < -0.4 is 10.6 Å². The van der Waals surface area contributed by atoms with E-state index in [0.29, 0.717) is 41.7 Å². The second kappa shape index (κ2) is 10.4. The zero-order valence-corrected chi connectivity index (χ0v) is 18.9. The molecule has 1 amide bonds. The summed E-state index contributed by atoms with van der Waals surface area (Å²) in [6, 6.07) is 17.8. The van der Waals surface area contributed by atoms with E-state index in [1.807, 2.05) is 37.3 Å². The molecule has 0 spiro atoms. The maximum atomic E-state index is 12.5. The number of aromatic nitrogens is 2. The molecule has 2 heterocycles. The van der Waals surface area contributed by atoms with Gasteiger partial charge in [0.25, 0.3) is 5.91 Å². The van der Waals surface area contributed by atoms with Gasteiger partial charge in [0, 0.05) is 29.2 Å². The monoisotopic (exact) mass is 456 g/mol. The van der Waals surface area contributed by atoms with Crippen LogP contribution >= 0.6 is 0 Å². The molecule has 2 aromatic carbocycles. The Morgan fingerprint density at radius 2 is 1.71 bits per heavy atom. The van der Waals surface area contributed by atoms with E-state index in [9.17, 15) is 9.59 Å². The number of anilines is 2. The number of amides is 1. The van der Waals surface area contributed by atoms with Crippen LogP contribution in [0.2, 0.25) is 0 Å². The summed E-state index contributed by atoms with van der Waals surface area (Å²) < 4.78 is 10.5. The van der Waals surface area contributed by atoms with Crippen LogP contribution in [0.1, 0.15) is 39.2 Å². The lowest BCUT2D eigenvalue weighted by Gasteiger charge is -2.08. The highest BCUT2D eigenvalue weighted by Crippen LogP contribution is 2.21. The van der Waals surface area contributed by atoms with Crippen LogP contribution in [0.5, 0.6) is 0 Å². The highest BCUT2D eigenvalue weighted by molar-refractivity contribution is 5.95. The van der Waals surface area contributed by atoms with Crippen molar-refractivity contribution in [2.24, 2.45) is 0 Å². The van der Waals surface area contributed by atoms with Crippen LogP contribution in [0.3, 0.4) is 0 Å². The molecule has 2 N–H and O–H groups in total. The van der Waals surface area contributed by atoms with Crippen molar-refractivity contribution in [2.75, 3.05) is 11.9 Å². The summed E-state index contributed by atoms with van der Waals surface area (Å²) in [6.07, 6.45) is 3.38. The van der Waals surface area contributed by atoms with Crippen molar-refractivity contribution in [2.45, 2.75) is 20.4 Å². The highest BCUT2D eigenvalue weighted by Gasteiger charge is 2.09. The van der Waals surface area contributed by atoms with Gasteiger partial charge in [0.15, 0.2) is 0 Å². The number of carbonyl (C=O) groups excluding carboxylic acids is 2. The van der Waals surface area contributed by atoms with Gasteiger partial charge in [-0.15, -0.1) is 0 Å². The van der Waals surface area contributed by atoms with Crippen molar-refractivity contribution in [1.82, 2.24) is 15.3 Å². The van der Waals surface area contributed by atoms with Crippen LogP contribution in [0.4, 0.5) is 11.6 Å². The van der Waals surface area contributed by atoms with E-state index in [1.54, 1.807) is 49.6 Å². The number of ether oxygens (including phenoxy) is 1. The van der Waals surface area contributed by atoms with E-state index in [4.69, 9.17) is 9.15 Å². The number of hydrogen-bond acceptors (Lipinski definition) is 7. The Morgan fingerprint density at radius 1 is 0.941 bits per heavy atom. The Balaban J connectivity index is 1.38. The summed E-state index contributed by atoms with van der Waals surface area (Å²) in [5, 5.41) is 5.95. The average Bonchev–Trinajstić information content (AvgIpc) is 3.28. The molecule has 34 heavy (non-hydrogen) atoms. The molecule has 0 saturated carbocycles. The Bertz CT molecular complexity index is 1280. The molecule has 0 aliphatic carbocycles. The third-order valence-corrected chi connectivity index (χ3v) is 4.98. The summed E-state index contributed by atoms with van der Waals surface area (Å²) in [5.74, 6) is 1.34. The minimum atomic E-state index is -0.350. The lowest BCUT2D eigenvalue weighted by molar-refractivity contribution is 0.0526. The van der Waals surface area contributed by atoms with E-state index in [-0.39, 0.29) is 11.9 Å². The van der Waals surface area contributed by atoms with Crippen LogP contribution in [0, 0.1) is 6.92 Å². The molecule has 8 nitrogen and oxygen atoms in total. The number of furan rings is 1. The zero-order chi connectivity index (χ0) is 23.9. The maximum Gasteiger partial charge on any atom is 0.338 e. The van der Waals surface area contributed by atoms with Crippen LogP contribution in [0.15, 0.2) is 77.5 Å². The number of nitrogens with one attached hydrogen (secondary N) is 2. The standard InChI is InChI=1S/C26H24N4O4/c1-3-33-25(32)19-10-8-18(9-11-19)21-14-28-26(29-15-21)30-22-6-4-5-20(13-22)24(31)27-16-23-12-7-17(2)34-23/h4-15H,3,16H2,1-2H3,(H,27,31)(H,28,29,30). The van der Waals surface area contributed by atoms with Gasteiger partial charge in [-0.1, -0.05) is 18.2 Å². The van der Waals surface area contributed by atoms with Gasteiger partial charge in [-0.05, 0) is 61.9 Å². The van der Waals surface area contributed by atoms with Crippen molar-refractivity contribution in [3.05, 3.63) is 95.7 Å². The topological polar surface area (TPSA) is 106 Å². The van der Waals surface area contributed by atoms with Gasteiger partial charge in [0.1, 0.15) is 11.5 Å². The predicted octanol–water partition coefficient (Wildman–Crippen LogP) is 4.90. The third-order valence-electron chi connectivity index (χ3n) is 4.98. The number of rotatable bonds is 8. The average molecular weight is 457 g/mol. The Morgan fingerprint density at radius 3 is 2.38 bits per heavy atom. The minimum Gasteiger partial charge on any atom is -0.465 e. The van der Waals surface area contributed by atoms with E-state index in [1.165, 1.54) is 0 Å². The first-order chi connectivity index (χ1) is 16.5. The molecule has 8 heteroatoms. The van der Waals surface area contributed by atoms with E-state index in [0.717, 1.165) is 16.9 Å². The van der Waals surface area contributed by atoms with Crippen LogP contribution in [-0.4, -0.2) is 28.5 Å². The van der Waals surface area contributed by atoms with Gasteiger partial charge < -0.3 is 19.8 Å². The summed E-state index contributed by atoms with van der Waals surface area (Å²) >= 11 is 0. The van der Waals surface area contributed by atoms with Crippen molar-refractivity contribution < 1.29 is 18.7 Å². The summed E-state index contributed by atoms with van der Waals surface area (Å²) in [7, 11) is 0. The summed E-state index contributed by atoms with van der Waals surface area (Å²) in [4.78, 5) is 33.0. The molecule has 0 fully saturated rings. The Kier molecular flexibility index (Phi) is 6.98. The van der Waals surface area contributed by atoms with Gasteiger partial charge in [-0.25, -0.2) is 14.8 Å². The molecule has 4 rings (SSSR count). The molecular formula is C26H24N4O4. The first-order valence-electron chi connectivity index (χ1n) is 10.8. The van der Waals surface area contributed by atoms with E-state index >= 15 is 0 Å². The largest absolute Gasteiger partial charge is 0.465 e. The second-order valence-electron chi connectivity index (χ2n) is 7.49. The number of hydrogen-bond donors (Lipinski definition) is 2. The molecule has 0 radical (unpaired) electrons. The predicted molar refractivity (Wildman–Crippen MR) is 128 cm³/mol. The fraction of sp³-hybridized carbons (Fsp3) is 0.154. The van der Waals surface area contributed by atoms with Crippen LogP contribution in [0.25, 0.3) is 11.1 Å². The van der Waals surface area contributed by atoms with Crippen molar-refractivity contribution in [3.63, 3.8) is 0 Å². The second-order valence-corrected chi connectivity index (χ2v) is 7.49. The molecule has 0 aliphatic rings. The molecule has 0 atom stereocenters. The normalized spacial score (nSPS) is 10.5. The summed E-state index contributed by atoms with van der Waals surface area (Å²) in [6.45, 7) is 4.28. The maximum absolute atomic E-state index is 12.5. The minimum absolute atomic E-state index is 0.208. The molecule has 4 aromatic rings. The first kappa shape index (κ1) is 22.7. The van der Waals surface area contributed by atoms with Crippen molar-refractivity contribution in [1.29, 1.82) is 0 Å². The quantitative estimate of drug-likeness (QED) is 0.363. The van der Waals surface area contributed by atoms with Gasteiger partial charge in [-0.2, -0.15) is 0 Å². The molecule has 172 valence electrons. The fourth-order valence-electron chi connectivity index (χ4n) is 3.27. The van der Waals surface area contributed by atoms with Gasteiger partial charge in [-0.3, -0.25) is 4.79 Å². The van der Waals surface area contributed by atoms with Crippen LogP contribution in [-0.2, 0) is 11.3 Å². The van der Waals surface area contributed by atoms with Crippen molar-refractivity contribution in [3.8, 4) is 11.1 Å². The Labute approximate surface area is 197 Å². The SMILES string of the molecule is CCOC(=O)c1ccc(-c2cnc(Nc3cccc(C(=O)NCc4ccc(C)o4)c3)nc2)cc1. The number of benzene rings is 2. The molecular weight excluding hydrogens is 432 g/mol. The third kappa shape index (κ3) is 5.66. The van der Waals surface area contributed by atoms with Gasteiger partial charge >= 0.3 is 5.97 Å². The zero-order valence-electron chi connectivity index (χ0n) is 18.9. The number of aryl methyl sites for hydroxylation is 1. The fourth-order valence-corrected chi connectivity index (χ4v) is 3.27. The van der Waals surface area contributed by atoms with E-state index in [2.05, 4.69) is 20.6 Å². The smallest absolute Gasteiger partial charge is 0.338 e. The number of carbonyl (C=O) groups is 2. The highest BCUT2D eigenvalue weighted by atomic mass is 16.5. The Hall–Kier alpha value is -4.46. The first-order valence-corrected chi connectivity index (χ1v) is 10.8. The molecule has 0 unspecified atom stereocenters. The molecule has 0 aliphatic heterocycles. The number of nitrogens with zero attached hydrogens (tertiary/aromatic N) is 2. The number of esters is 1. The lowest BCUT2D eigenvalue weighted by atomic mass is 10.1. The molecule has 0 saturated heterocycles. The molecule has 0 bridgehead atoms. The van der Waals surface area contributed by atoms with E-state index < -0.39 is 0 Å². The molecule has 2 aromatic heterocycles. The summed E-state index contributed by atoms with van der Waals surface area (Å²) in [5.41, 5.74) is 3.37. The lowest BCUT2D eigenvalue weighted by Crippen LogP contribution is -2.22.